The minimum absolute atomic E-state index is 0. The van der Waals surface area contributed by atoms with Crippen molar-refractivity contribution in [2.75, 3.05) is 0 Å². The molecule has 0 unspecified atom stereocenters. The molecule has 0 aliphatic carbocycles. The third kappa shape index (κ3) is 5.22. The Morgan fingerprint density at radius 3 is 2.21 bits per heavy atom. The topological polar surface area (TPSA) is 50.2 Å². The fourth-order valence-corrected chi connectivity index (χ4v) is 6.19. The van der Waals surface area contributed by atoms with Crippen LogP contribution in [0.3, 0.4) is 0 Å². The van der Waals surface area contributed by atoms with Crippen LogP contribution in [0.1, 0.15) is 13.8 Å². The molecule has 1 N–H and O–H groups in total. The van der Waals surface area contributed by atoms with E-state index in [1.165, 1.54) is 72.4 Å². The van der Waals surface area contributed by atoms with E-state index >= 15 is 0 Å². The van der Waals surface area contributed by atoms with Crippen molar-refractivity contribution in [3.05, 3.63) is 115 Å². The first-order chi connectivity index (χ1) is 18.5. The van der Waals surface area contributed by atoms with Crippen LogP contribution in [0.4, 0.5) is 0 Å². The maximum absolute atomic E-state index is 10.0. The molecule has 0 atom stereocenters. The number of allylic oxidation sites excluding steroid dienone is 2. The molecule has 0 spiro atoms. The molecule has 7 aromatic rings. The molecule has 2 aromatic heterocycles. The van der Waals surface area contributed by atoms with E-state index < -0.39 is 0 Å². The summed E-state index contributed by atoms with van der Waals surface area (Å²) >= 11 is 1.82. The summed E-state index contributed by atoms with van der Waals surface area (Å²) in [5.41, 5.74) is 2.06. The molecular weight excluding hydrogens is 679 g/mol. The predicted octanol–water partition coefficient (Wildman–Crippen LogP) is 9.41. The number of hydrogen-bond donors (Lipinski definition) is 1. The summed E-state index contributed by atoms with van der Waals surface area (Å²) in [4.78, 5) is 14.8. The molecule has 39 heavy (non-hydrogen) atoms. The monoisotopic (exact) mass is 703 g/mol. The largest absolute Gasteiger partial charge is 0.512 e. The van der Waals surface area contributed by atoms with Gasteiger partial charge in [0.15, 0.2) is 5.78 Å². The molecule has 193 valence electrons. The maximum Gasteiger partial charge on any atom is 0.155 e. The number of carbonyl (C=O) groups excluding carboxylic acids is 1. The molecule has 0 saturated heterocycles. The van der Waals surface area contributed by atoms with E-state index in [0.29, 0.717) is 0 Å². The van der Waals surface area contributed by atoms with Gasteiger partial charge in [-0.05, 0) is 53.6 Å². The van der Waals surface area contributed by atoms with Gasteiger partial charge in [-0.25, -0.2) is 0 Å². The number of aliphatic hydroxyl groups excluding tert-OH is 1. The zero-order chi connectivity index (χ0) is 26.2. The van der Waals surface area contributed by atoms with Crippen molar-refractivity contribution in [1.82, 2.24) is 4.98 Å². The van der Waals surface area contributed by atoms with Gasteiger partial charge in [0.1, 0.15) is 0 Å². The Morgan fingerprint density at radius 1 is 0.795 bits per heavy atom. The molecule has 0 saturated carbocycles. The molecule has 3 nitrogen and oxygen atoms in total. The van der Waals surface area contributed by atoms with E-state index in [1.54, 1.807) is 0 Å². The molecule has 0 bridgehead atoms. The molecule has 7 rings (SSSR count). The smallest absolute Gasteiger partial charge is 0.155 e. The van der Waals surface area contributed by atoms with E-state index in [-0.39, 0.29) is 31.6 Å². The van der Waals surface area contributed by atoms with Gasteiger partial charge in [0.2, 0.25) is 0 Å². The van der Waals surface area contributed by atoms with Crippen LogP contribution in [0.5, 0.6) is 0 Å². The van der Waals surface area contributed by atoms with Gasteiger partial charge in [0.25, 0.3) is 0 Å². The van der Waals surface area contributed by atoms with Gasteiger partial charge < -0.3 is 10.1 Å². The first-order valence-electron chi connectivity index (χ1n) is 12.4. The molecule has 0 aliphatic rings. The molecule has 2 heterocycles. The number of thiophene rings is 1. The van der Waals surface area contributed by atoms with Crippen molar-refractivity contribution < 1.29 is 30.0 Å². The minimum atomic E-state index is -0.125. The normalized spacial score (nSPS) is 11.5. The Morgan fingerprint density at radius 2 is 1.49 bits per heavy atom. The molecule has 5 aromatic carbocycles. The third-order valence-electron chi connectivity index (χ3n) is 6.60. The van der Waals surface area contributed by atoms with E-state index in [9.17, 15) is 4.79 Å². The van der Waals surface area contributed by atoms with Crippen molar-refractivity contribution in [2.24, 2.45) is 0 Å². The number of aromatic nitrogens is 1. The van der Waals surface area contributed by atoms with Crippen LogP contribution < -0.4 is 0 Å². The Balaban J connectivity index is 0.000000345. The summed E-state index contributed by atoms with van der Waals surface area (Å²) in [7, 11) is 0. The quantitative estimate of drug-likeness (QED) is 0.0846. The van der Waals surface area contributed by atoms with Crippen LogP contribution in [0.15, 0.2) is 109 Å². The van der Waals surface area contributed by atoms with E-state index in [2.05, 4.69) is 97.1 Å². The predicted molar refractivity (Wildman–Crippen MR) is 161 cm³/mol. The number of pyridine rings is 1. The Bertz CT molecular complexity index is 2040. The molecule has 0 fully saturated rings. The second-order valence-corrected chi connectivity index (χ2v) is 10.4. The number of nitrogens with zero attached hydrogens (tertiary/aromatic N) is 1. The van der Waals surface area contributed by atoms with Gasteiger partial charge in [0, 0.05) is 52.9 Å². The number of hydrogen-bond acceptors (Lipinski definition) is 4. The SMILES string of the molecule is CC(=O)/C=C(/C)O.[Ir].[c-]1cc2c(ccc3ccccc32)cc1-c1nccc2c1sc1cc3ccccc3cc12. The molecule has 5 heteroatoms. The van der Waals surface area contributed by atoms with E-state index in [0.717, 1.165) is 11.3 Å². The van der Waals surface area contributed by atoms with Gasteiger partial charge in [-0.15, -0.1) is 40.5 Å². The third-order valence-corrected chi connectivity index (χ3v) is 7.77. The molecule has 0 amide bonds. The second-order valence-electron chi connectivity index (χ2n) is 9.37. The van der Waals surface area contributed by atoms with Crippen LogP contribution in [0.25, 0.3) is 63.7 Å². The van der Waals surface area contributed by atoms with E-state index in [4.69, 9.17) is 10.1 Å². The molecule has 0 aliphatic heterocycles. The number of ketones is 1. The summed E-state index contributed by atoms with van der Waals surface area (Å²) in [5, 5.41) is 18.5. The number of benzene rings is 5. The average molecular weight is 703 g/mol. The van der Waals surface area contributed by atoms with Crippen molar-refractivity contribution in [2.45, 2.75) is 13.8 Å². The summed E-state index contributed by atoms with van der Waals surface area (Å²) < 4.78 is 2.53. The Kier molecular flexibility index (Phi) is 7.58. The summed E-state index contributed by atoms with van der Waals surface area (Å²) in [6.07, 6.45) is 3.09. The first kappa shape index (κ1) is 26.7. The van der Waals surface area contributed by atoms with Gasteiger partial charge in [-0.2, -0.15) is 0 Å². The van der Waals surface area contributed by atoms with Crippen LogP contribution in [-0.4, -0.2) is 15.9 Å². The molecular formula is C34H24IrNO2S-. The fourth-order valence-electron chi connectivity index (χ4n) is 4.96. The standard InChI is InChI=1S/C29H16NS.C5H8O2.Ir/c1-2-7-20-17-27-26(16-19(20)6-1)25-13-14-30-28(29(25)31-27)22-11-12-24-21(15-22)10-9-18-5-3-4-8-23(18)24;1-4(6)3-5(2)7;/h1-10,12-17H;3,6H,1-2H3;/q-1;;/b;4-3-;. The zero-order valence-corrected chi connectivity index (χ0v) is 24.6. The van der Waals surface area contributed by atoms with Crippen molar-refractivity contribution in [3.63, 3.8) is 0 Å². The van der Waals surface area contributed by atoms with Crippen molar-refractivity contribution in [1.29, 1.82) is 0 Å². The summed E-state index contributed by atoms with van der Waals surface area (Å²) in [5.74, 6) is -0.0625. The Hall–Kier alpha value is -3.89. The van der Waals surface area contributed by atoms with Crippen LogP contribution >= 0.6 is 11.3 Å². The van der Waals surface area contributed by atoms with Gasteiger partial charge in [-0.3, -0.25) is 4.79 Å². The van der Waals surface area contributed by atoms with Gasteiger partial charge >= 0.3 is 0 Å². The number of carbonyl (C=O) groups is 1. The summed E-state index contributed by atoms with van der Waals surface area (Å²) in [6.45, 7) is 2.85. The van der Waals surface area contributed by atoms with Crippen LogP contribution in [0.2, 0.25) is 0 Å². The number of fused-ring (bicyclic) bond motifs is 7. The van der Waals surface area contributed by atoms with Crippen LogP contribution in [-0.2, 0) is 24.9 Å². The van der Waals surface area contributed by atoms with Crippen molar-refractivity contribution in [3.8, 4) is 11.3 Å². The number of rotatable bonds is 2. The maximum atomic E-state index is 10.0. The minimum Gasteiger partial charge on any atom is -0.512 e. The van der Waals surface area contributed by atoms with Gasteiger partial charge in [0.05, 0.1) is 5.76 Å². The zero-order valence-electron chi connectivity index (χ0n) is 21.4. The fraction of sp³-hybridized carbons (Fsp3) is 0.0588. The molecule has 1 radical (unpaired) electrons. The van der Waals surface area contributed by atoms with Crippen LogP contribution in [0, 0.1) is 6.07 Å². The second kappa shape index (κ2) is 11.1. The first-order valence-corrected chi connectivity index (χ1v) is 13.2. The number of aliphatic hydroxyl groups is 1. The summed E-state index contributed by atoms with van der Waals surface area (Å²) in [6, 6.07) is 36.1. The van der Waals surface area contributed by atoms with Crippen molar-refractivity contribution >= 4 is 69.6 Å². The van der Waals surface area contributed by atoms with Gasteiger partial charge in [-0.1, -0.05) is 71.4 Å². The van der Waals surface area contributed by atoms with E-state index in [1.807, 2.05) is 17.5 Å². The average Bonchev–Trinajstić information content (AvgIpc) is 3.28. The Labute approximate surface area is 243 Å².